The number of nitrogens with zero attached hydrogens (tertiary/aromatic N) is 3. The largest absolute Gasteiger partial charge is 0.493 e. The van der Waals surface area contributed by atoms with E-state index in [1.807, 2.05) is 25.3 Å². The zero-order chi connectivity index (χ0) is 31.9. The molecule has 3 aromatic rings. The Hall–Kier alpha value is -3.97. The molecule has 2 atom stereocenters. The van der Waals surface area contributed by atoms with Crippen molar-refractivity contribution in [2.24, 2.45) is 0 Å². The maximum atomic E-state index is 13.5. The Morgan fingerprint density at radius 1 is 1.07 bits per heavy atom. The molecule has 0 saturated carbocycles. The molecular formula is C32H39N5O6S2. The highest BCUT2D eigenvalue weighted by molar-refractivity contribution is 7.13. The number of carbonyl (C=O) groups excluding carboxylic acids is 4. The van der Waals surface area contributed by atoms with E-state index < -0.39 is 12.1 Å². The Kier molecular flexibility index (Phi) is 10.7. The minimum atomic E-state index is -0.718. The predicted octanol–water partition coefficient (Wildman–Crippen LogP) is 3.59. The lowest BCUT2D eigenvalue weighted by atomic mass is 10.1. The maximum absolute atomic E-state index is 13.5. The number of hydrogen-bond acceptors (Lipinski definition) is 9. The van der Waals surface area contributed by atoms with Gasteiger partial charge >= 0.3 is 0 Å². The molecule has 1 fully saturated rings. The van der Waals surface area contributed by atoms with Crippen LogP contribution in [0.2, 0.25) is 0 Å². The number of likely N-dealkylation sites (tertiary alicyclic amines) is 1. The topological polar surface area (TPSA) is 130 Å². The smallest absolute Gasteiger partial charge is 0.264 e. The molecule has 4 bridgehead atoms. The second-order valence-electron chi connectivity index (χ2n) is 11.2. The van der Waals surface area contributed by atoms with Gasteiger partial charge in [0.2, 0.25) is 11.8 Å². The van der Waals surface area contributed by atoms with Gasteiger partial charge in [0.25, 0.3) is 11.8 Å². The fourth-order valence-corrected chi connectivity index (χ4v) is 7.02. The second kappa shape index (κ2) is 14.9. The van der Waals surface area contributed by atoms with Gasteiger partial charge in [-0.3, -0.25) is 19.2 Å². The van der Waals surface area contributed by atoms with Gasteiger partial charge in [0.05, 0.1) is 35.7 Å². The molecule has 11 nitrogen and oxygen atoms in total. The number of benzene rings is 1. The van der Waals surface area contributed by atoms with Gasteiger partial charge < -0.3 is 29.9 Å². The Labute approximate surface area is 270 Å². The molecule has 240 valence electrons. The SMILES string of the molecule is COc1ccc2cc1O[C@H]1C[C@@H](C(=O)NCCCCN(C(=O)Cc3csc(C)n3)CCCNC2=O)N(C(=O)c2ccc(C)s2)C1. The molecule has 0 aliphatic carbocycles. The van der Waals surface area contributed by atoms with Crippen LogP contribution in [0.1, 0.15) is 61.3 Å². The molecule has 2 aliphatic heterocycles. The standard InChI is InChI=1S/C32H39N5O6S2/c1-20-7-10-28(45-20)32(41)37-18-24-17-25(37)31(40)34-11-4-5-13-36(29(38)16-23-19-44-21(2)35-23)14-6-12-33-30(39)22-8-9-26(42-3)27(15-22)43-24/h7-10,15,19,24-25H,4-6,11-14,16-18H2,1-3H3,(H,33,39)(H,34,40)/t24-,25-/m0/s1. The summed E-state index contributed by atoms with van der Waals surface area (Å²) in [5, 5.41) is 8.78. The summed E-state index contributed by atoms with van der Waals surface area (Å²) in [6, 6.07) is 7.90. The van der Waals surface area contributed by atoms with E-state index in [9.17, 15) is 19.2 Å². The average molecular weight is 654 g/mol. The van der Waals surface area contributed by atoms with E-state index in [1.54, 1.807) is 34.1 Å². The molecule has 45 heavy (non-hydrogen) atoms. The Bertz CT molecular complexity index is 1540. The third kappa shape index (κ3) is 8.20. The number of carbonyl (C=O) groups is 4. The first-order valence-electron chi connectivity index (χ1n) is 15.2. The zero-order valence-electron chi connectivity index (χ0n) is 25.8. The van der Waals surface area contributed by atoms with E-state index in [-0.39, 0.29) is 36.6 Å². The highest BCUT2D eigenvalue weighted by Crippen LogP contribution is 2.33. The Balaban J connectivity index is 1.35. The van der Waals surface area contributed by atoms with E-state index in [1.165, 1.54) is 29.8 Å². The van der Waals surface area contributed by atoms with Crippen LogP contribution in [0.15, 0.2) is 35.7 Å². The van der Waals surface area contributed by atoms with Crippen molar-refractivity contribution in [2.45, 2.75) is 58.1 Å². The van der Waals surface area contributed by atoms with Crippen molar-refractivity contribution in [3.8, 4) is 11.5 Å². The molecule has 2 aliphatic rings. The van der Waals surface area contributed by atoms with Crippen molar-refractivity contribution in [1.29, 1.82) is 0 Å². The summed E-state index contributed by atoms with van der Waals surface area (Å²) in [4.78, 5) is 62.7. The summed E-state index contributed by atoms with van der Waals surface area (Å²) in [7, 11) is 1.52. The molecule has 0 spiro atoms. The van der Waals surface area contributed by atoms with Crippen LogP contribution < -0.4 is 20.1 Å². The van der Waals surface area contributed by atoms with Crippen LogP contribution in [0.5, 0.6) is 11.5 Å². The number of amides is 4. The maximum Gasteiger partial charge on any atom is 0.264 e. The van der Waals surface area contributed by atoms with E-state index in [0.29, 0.717) is 73.8 Å². The third-order valence-corrected chi connectivity index (χ3v) is 9.70. The summed E-state index contributed by atoms with van der Waals surface area (Å²) in [5.74, 6) is 0.0565. The first-order valence-corrected chi connectivity index (χ1v) is 16.9. The van der Waals surface area contributed by atoms with Crippen LogP contribution in [-0.2, 0) is 16.0 Å². The fourth-order valence-electron chi connectivity index (χ4n) is 5.58. The van der Waals surface area contributed by atoms with E-state index in [4.69, 9.17) is 9.47 Å². The molecule has 0 unspecified atom stereocenters. The molecule has 4 amide bonds. The number of ether oxygens (including phenoxy) is 2. The van der Waals surface area contributed by atoms with Crippen LogP contribution in [0.25, 0.3) is 0 Å². The predicted molar refractivity (Wildman–Crippen MR) is 172 cm³/mol. The third-order valence-electron chi connectivity index (χ3n) is 7.89. The molecular weight excluding hydrogens is 615 g/mol. The molecule has 1 aromatic carbocycles. The van der Waals surface area contributed by atoms with Crippen LogP contribution in [-0.4, -0.2) is 90.4 Å². The van der Waals surface area contributed by atoms with Crippen molar-refractivity contribution in [3.05, 3.63) is 61.7 Å². The number of aryl methyl sites for hydroxylation is 2. The minimum absolute atomic E-state index is 0.0199. The average Bonchev–Trinajstić information content (AvgIpc) is 3.76. The number of thiazole rings is 1. The second-order valence-corrected chi connectivity index (χ2v) is 13.6. The Morgan fingerprint density at radius 3 is 2.60 bits per heavy atom. The first-order chi connectivity index (χ1) is 21.7. The van der Waals surface area contributed by atoms with Crippen molar-refractivity contribution in [3.63, 3.8) is 0 Å². The van der Waals surface area contributed by atoms with Gasteiger partial charge in [-0.1, -0.05) is 0 Å². The van der Waals surface area contributed by atoms with Gasteiger partial charge in [-0.15, -0.1) is 22.7 Å². The molecule has 2 aromatic heterocycles. The number of methoxy groups -OCH3 is 1. The normalized spacial score (nSPS) is 19.9. The van der Waals surface area contributed by atoms with Crippen molar-refractivity contribution in [1.82, 2.24) is 25.4 Å². The van der Waals surface area contributed by atoms with Crippen LogP contribution in [0, 0.1) is 13.8 Å². The minimum Gasteiger partial charge on any atom is -0.493 e. The molecule has 0 radical (unpaired) electrons. The highest BCUT2D eigenvalue weighted by atomic mass is 32.1. The van der Waals surface area contributed by atoms with E-state index >= 15 is 0 Å². The van der Waals surface area contributed by atoms with Gasteiger partial charge in [-0.05, 0) is 63.4 Å². The van der Waals surface area contributed by atoms with Crippen LogP contribution in [0.3, 0.4) is 0 Å². The van der Waals surface area contributed by atoms with Crippen molar-refractivity contribution >= 4 is 46.3 Å². The summed E-state index contributed by atoms with van der Waals surface area (Å²) < 4.78 is 11.8. The number of hydrogen-bond donors (Lipinski definition) is 2. The van der Waals surface area contributed by atoms with E-state index in [0.717, 1.165) is 15.6 Å². The zero-order valence-corrected chi connectivity index (χ0v) is 27.4. The lowest BCUT2D eigenvalue weighted by Crippen LogP contribution is -2.46. The Morgan fingerprint density at radius 2 is 1.87 bits per heavy atom. The summed E-state index contributed by atoms with van der Waals surface area (Å²) in [6.45, 7) is 5.87. The van der Waals surface area contributed by atoms with Gasteiger partial charge in [-0.2, -0.15) is 0 Å². The molecule has 4 heterocycles. The highest BCUT2D eigenvalue weighted by Gasteiger charge is 2.41. The molecule has 13 heteroatoms. The first kappa shape index (κ1) is 32.4. The fraction of sp³-hybridized carbons (Fsp3) is 0.469. The number of rotatable bonds is 4. The van der Waals surface area contributed by atoms with Gasteiger partial charge in [-0.25, -0.2) is 4.98 Å². The quantitative estimate of drug-likeness (QED) is 0.440. The van der Waals surface area contributed by atoms with Gasteiger partial charge in [0, 0.05) is 48.4 Å². The molecule has 2 N–H and O–H groups in total. The number of fused-ring (bicyclic) bond motifs is 4. The number of thiophene rings is 1. The summed E-state index contributed by atoms with van der Waals surface area (Å²) >= 11 is 2.91. The number of nitrogens with one attached hydrogen (secondary N) is 2. The van der Waals surface area contributed by atoms with Gasteiger partial charge in [0.15, 0.2) is 11.5 Å². The van der Waals surface area contributed by atoms with Gasteiger partial charge in [0.1, 0.15) is 12.1 Å². The monoisotopic (exact) mass is 653 g/mol. The molecule has 5 rings (SSSR count). The van der Waals surface area contributed by atoms with Crippen molar-refractivity contribution in [2.75, 3.05) is 39.8 Å². The van der Waals surface area contributed by atoms with Crippen molar-refractivity contribution < 1.29 is 28.7 Å². The summed E-state index contributed by atoms with van der Waals surface area (Å²) in [6.07, 6.45) is 1.96. The van der Waals surface area contributed by atoms with E-state index in [2.05, 4.69) is 15.6 Å². The lowest BCUT2D eigenvalue weighted by Gasteiger charge is -2.24. The lowest BCUT2D eigenvalue weighted by molar-refractivity contribution is -0.130. The summed E-state index contributed by atoms with van der Waals surface area (Å²) in [5.41, 5.74) is 1.15. The van der Waals surface area contributed by atoms with Crippen LogP contribution >= 0.6 is 22.7 Å². The number of aromatic nitrogens is 1. The van der Waals surface area contributed by atoms with Crippen LogP contribution in [0.4, 0.5) is 0 Å². The molecule has 1 saturated heterocycles.